The van der Waals surface area contributed by atoms with E-state index in [1.807, 2.05) is 32.0 Å². The normalized spacial score (nSPS) is 18.7. The first kappa shape index (κ1) is 15.5. The van der Waals surface area contributed by atoms with Gasteiger partial charge in [-0.05, 0) is 38.8 Å². The Kier molecular flexibility index (Phi) is 4.27. The molecule has 7 heteroatoms. The molecule has 1 N–H and O–H groups in total. The smallest absolute Gasteiger partial charge is 0.247 e. The zero-order valence-electron chi connectivity index (χ0n) is 13.5. The minimum absolute atomic E-state index is 0.0455. The predicted octanol–water partition coefficient (Wildman–Crippen LogP) is 1.19. The van der Waals surface area contributed by atoms with Crippen molar-refractivity contribution in [2.45, 2.75) is 38.3 Å². The van der Waals surface area contributed by atoms with E-state index in [0.29, 0.717) is 0 Å². The largest absolute Gasteiger partial charge is 0.355 e. The molecule has 0 spiro atoms. The summed E-state index contributed by atoms with van der Waals surface area (Å²) >= 11 is 0. The van der Waals surface area contributed by atoms with Gasteiger partial charge in [0, 0.05) is 25.3 Å². The van der Waals surface area contributed by atoms with E-state index in [1.54, 1.807) is 17.2 Å². The van der Waals surface area contributed by atoms with Crippen LogP contribution in [0.4, 0.5) is 5.82 Å². The van der Waals surface area contributed by atoms with Crippen molar-refractivity contribution in [1.82, 2.24) is 25.1 Å². The van der Waals surface area contributed by atoms with E-state index in [9.17, 15) is 4.79 Å². The molecule has 23 heavy (non-hydrogen) atoms. The van der Waals surface area contributed by atoms with E-state index in [1.165, 1.54) is 6.33 Å². The summed E-state index contributed by atoms with van der Waals surface area (Å²) in [6.07, 6.45) is 6.82. The van der Waals surface area contributed by atoms with Crippen LogP contribution in [-0.4, -0.2) is 44.8 Å². The second-order valence-corrected chi connectivity index (χ2v) is 6.35. The first-order chi connectivity index (χ1) is 11.1. The van der Waals surface area contributed by atoms with Gasteiger partial charge in [0.15, 0.2) is 0 Å². The molecule has 122 valence electrons. The maximum Gasteiger partial charge on any atom is 0.247 e. The van der Waals surface area contributed by atoms with E-state index >= 15 is 0 Å². The third-order valence-corrected chi connectivity index (χ3v) is 4.28. The lowest BCUT2D eigenvalue weighted by Crippen LogP contribution is -2.53. The van der Waals surface area contributed by atoms with Gasteiger partial charge in [0.2, 0.25) is 5.91 Å². The van der Waals surface area contributed by atoms with Crippen LogP contribution in [0.2, 0.25) is 0 Å². The Morgan fingerprint density at radius 3 is 2.96 bits per heavy atom. The zero-order chi connectivity index (χ0) is 16.3. The van der Waals surface area contributed by atoms with Gasteiger partial charge in [-0.3, -0.25) is 4.79 Å². The quantitative estimate of drug-likeness (QED) is 0.917. The Labute approximate surface area is 135 Å². The molecule has 1 fully saturated rings. The summed E-state index contributed by atoms with van der Waals surface area (Å²) in [5, 5.41) is 7.24. The SMILES string of the molecule is CC(C)(C(=O)N[C@@H]1CCCN(c2ccccn2)C1)n1cncn1. The van der Waals surface area contributed by atoms with Crippen molar-refractivity contribution in [1.29, 1.82) is 0 Å². The van der Waals surface area contributed by atoms with Crippen molar-refractivity contribution in [2.75, 3.05) is 18.0 Å². The van der Waals surface area contributed by atoms with E-state index in [4.69, 9.17) is 0 Å². The van der Waals surface area contributed by atoms with Gasteiger partial charge in [-0.2, -0.15) is 5.10 Å². The lowest BCUT2D eigenvalue weighted by molar-refractivity contribution is -0.129. The van der Waals surface area contributed by atoms with Crippen LogP contribution in [0, 0.1) is 0 Å². The Bertz CT molecular complexity index is 640. The molecule has 1 atom stereocenters. The summed E-state index contributed by atoms with van der Waals surface area (Å²) in [4.78, 5) is 23.2. The number of aromatic nitrogens is 4. The summed E-state index contributed by atoms with van der Waals surface area (Å²) in [6, 6.07) is 6.01. The van der Waals surface area contributed by atoms with Crippen LogP contribution in [0.5, 0.6) is 0 Å². The zero-order valence-corrected chi connectivity index (χ0v) is 13.5. The molecule has 3 heterocycles. The molecule has 1 aliphatic rings. The molecule has 1 saturated heterocycles. The Morgan fingerprint density at radius 1 is 1.39 bits per heavy atom. The van der Waals surface area contributed by atoms with Crippen LogP contribution in [0.15, 0.2) is 37.1 Å². The summed E-state index contributed by atoms with van der Waals surface area (Å²) in [6.45, 7) is 5.43. The maximum atomic E-state index is 12.6. The minimum atomic E-state index is -0.760. The third-order valence-electron chi connectivity index (χ3n) is 4.28. The van der Waals surface area contributed by atoms with Crippen molar-refractivity contribution < 1.29 is 4.79 Å². The number of nitrogens with one attached hydrogen (secondary N) is 1. The van der Waals surface area contributed by atoms with Crippen molar-refractivity contribution >= 4 is 11.7 Å². The van der Waals surface area contributed by atoms with E-state index in [0.717, 1.165) is 31.7 Å². The Balaban J connectivity index is 1.65. The molecule has 0 aromatic carbocycles. The van der Waals surface area contributed by atoms with Gasteiger partial charge in [-0.15, -0.1) is 0 Å². The molecule has 2 aromatic heterocycles. The Hall–Kier alpha value is -2.44. The average Bonchev–Trinajstić information content (AvgIpc) is 3.11. The van der Waals surface area contributed by atoms with Crippen LogP contribution in [0.1, 0.15) is 26.7 Å². The Morgan fingerprint density at radius 2 is 2.26 bits per heavy atom. The summed E-state index contributed by atoms with van der Waals surface area (Å²) in [5.74, 6) is 0.915. The fourth-order valence-corrected chi connectivity index (χ4v) is 2.81. The topological polar surface area (TPSA) is 75.9 Å². The summed E-state index contributed by atoms with van der Waals surface area (Å²) in [7, 11) is 0. The molecule has 0 aliphatic carbocycles. The number of carbonyl (C=O) groups excluding carboxylic acids is 1. The molecule has 0 radical (unpaired) electrons. The van der Waals surface area contributed by atoms with Crippen LogP contribution in [-0.2, 0) is 10.3 Å². The van der Waals surface area contributed by atoms with E-state index < -0.39 is 5.54 Å². The molecular formula is C16H22N6O. The van der Waals surface area contributed by atoms with Gasteiger partial charge < -0.3 is 10.2 Å². The molecule has 0 unspecified atom stereocenters. The van der Waals surface area contributed by atoms with Crippen LogP contribution >= 0.6 is 0 Å². The molecule has 1 aliphatic heterocycles. The van der Waals surface area contributed by atoms with Crippen molar-refractivity contribution in [2.24, 2.45) is 0 Å². The second kappa shape index (κ2) is 6.36. The molecule has 7 nitrogen and oxygen atoms in total. The van der Waals surface area contributed by atoms with Gasteiger partial charge in [0.1, 0.15) is 24.0 Å². The standard InChI is InChI=1S/C16H22N6O/c1-16(2,22-12-17-11-19-22)15(23)20-13-6-5-9-21(10-13)14-7-3-4-8-18-14/h3-4,7-8,11-13H,5-6,9-10H2,1-2H3,(H,20,23)/t13-/m1/s1. The van der Waals surface area contributed by atoms with Crippen molar-refractivity contribution in [3.63, 3.8) is 0 Å². The van der Waals surface area contributed by atoms with Crippen LogP contribution in [0.25, 0.3) is 0 Å². The number of hydrogen-bond acceptors (Lipinski definition) is 5. The first-order valence-corrected chi connectivity index (χ1v) is 7.89. The lowest BCUT2D eigenvalue weighted by atomic mass is 10.0. The maximum absolute atomic E-state index is 12.6. The highest BCUT2D eigenvalue weighted by atomic mass is 16.2. The molecule has 2 aromatic rings. The number of piperidine rings is 1. The number of rotatable bonds is 4. The highest BCUT2D eigenvalue weighted by Gasteiger charge is 2.33. The third kappa shape index (κ3) is 3.33. The molecule has 0 saturated carbocycles. The fraction of sp³-hybridized carbons (Fsp3) is 0.500. The highest BCUT2D eigenvalue weighted by Crippen LogP contribution is 2.19. The highest BCUT2D eigenvalue weighted by molar-refractivity contribution is 5.83. The van der Waals surface area contributed by atoms with Crippen LogP contribution < -0.4 is 10.2 Å². The average molecular weight is 314 g/mol. The second-order valence-electron chi connectivity index (χ2n) is 6.35. The number of pyridine rings is 1. The number of amides is 1. The van der Waals surface area contributed by atoms with Crippen LogP contribution in [0.3, 0.4) is 0 Å². The van der Waals surface area contributed by atoms with Gasteiger partial charge in [-0.1, -0.05) is 6.07 Å². The van der Waals surface area contributed by atoms with Gasteiger partial charge in [-0.25, -0.2) is 14.6 Å². The summed E-state index contributed by atoms with van der Waals surface area (Å²) in [5.41, 5.74) is -0.760. The van der Waals surface area contributed by atoms with E-state index in [2.05, 4.69) is 25.3 Å². The lowest BCUT2D eigenvalue weighted by Gasteiger charge is -2.35. The summed E-state index contributed by atoms with van der Waals surface area (Å²) < 4.78 is 1.58. The van der Waals surface area contributed by atoms with Gasteiger partial charge in [0.05, 0.1) is 0 Å². The van der Waals surface area contributed by atoms with Crippen molar-refractivity contribution in [3.8, 4) is 0 Å². The minimum Gasteiger partial charge on any atom is -0.355 e. The van der Waals surface area contributed by atoms with E-state index in [-0.39, 0.29) is 11.9 Å². The predicted molar refractivity (Wildman–Crippen MR) is 87.0 cm³/mol. The molecular weight excluding hydrogens is 292 g/mol. The molecule has 1 amide bonds. The van der Waals surface area contributed by atoms with Gasteiger partial charge >= 0.3 is 0 Å². The molecule has 3 rings (SSSR count). The number of carbonyl (C=O) groups is 1. The number of anilines is 1. The monoisotopic (exact) mass is 314 g/mol. The van der Waals surface area contributed by atoms with Crippen molar-refractivity contribution in [3.05, 3.63) is 37.1 Å². The molecule has 0 bridgehead atoms. The first-order valence-electron chi connectivity index (χ1n) is 7.89. The number of hydrogen-bond donors (Lipinski definition) is 1. The fourth-order valence-electron chi connectivity index (χ4n) is 2.81. The number of nitrogens with zero attached hydrogens (tertiary/aromatic N) is 5. The van der Waals surface area contributed by atoms with Gasteiger partial charge in [0.25, 0.3) is 0 Å².